The van der Waals surface area contributed by atoms with Gasteiger partial charge < -0.3 is 14.2 Å². The van der Waals surface area contributed by atoms with Crippen molar-refractivity contribution in [3.8, 4) is 34.5 Å². The molecular formula is C34H36O6S. The summed E-state index contributed by atoms with van der Waals surface area (Å²) in [5.74, 6) is 7.47. The van der Waals surface area contributed by atoms with Gasteiger partial charge in [0, 0.05) is 0 Å². The van der Waals surface area contributed by atoms with E-state index in [-0.39, 0.29) is 35.9 Å². The van der Waals surface area contributed by atoms with E-state index in [0.29, 0.717) is 19.4 Å². The summed E-state index contributed by atoms with van der Waals surface area (Å²) in [6.07, 6.45) is 4.31. The molecule has 0 saturated carbocycles. The van der Waals surface area contributed by atoms with Gasteiger partial charge in [0.25, 0.3) is 0 Å². The second kappa shape index (κ2) is 12.8. The Hall–Kier alpha value is -3.76. The molecular weight excluding hydrogens is 536 g/mol. The van der Waals surface area contributed by atoms with Gasteiger partial charge in [-0.05, 0) is 103 Å². The molecule has 0 spiro atoms. The zero-order chi connectivity index (χ0) is 28.8. The van der Waals surface area contributed by atoms with Crippen molar-refractivity contribution in [2.24, 2.45) is 0 Å². The average Bonchev–Trinajstić information content (AvgIpc) is 3.15. The van der Waals surface area contributed by atoms with Crippen LogP contribution in [0.15, 0.2) is 60.7 Å². The number of carbonyl (C=O) groups excluding carboxylic acids is 1. The Morgan fingerprint density at radius 2 is 1.66 bits per heavy atom. The van der Waals surface area contributed by atoms with Crippen LogP contribution in [0.25, 0.3) is 11.1 Å². The van der Waals surface area contributed by atoms with Crippen LogP contribution in [0.1, 0.15) is 60.8 Å². The second-order valence-electron chi connectivity index (χ2n) is 10.7. The molecule has 1 aliphatic carbocycles. The number of sulfone groups is 1. The fourth-order valence-corrected chi connectivity index (χ4v) is 7.03. The predicted octanol–water partition coefficient (Wildman–Crippen LogP) is 6.05. The Kier molecular flexibility index (Phi) is 8.99. The third-order valence-corrected chi connectivity index (χ3v) is 9.56. The molecule has 0 unspecified atom stereocenters. The molecule has 7 heteroatoms. The summed E-state index contributed by atoms with van der Waals surface area (Å²) in [6.45, 7) is 2.20. The summed E-state index contributed by atoms with van der Waals surface area (Å²) in [4.78, 5) is 11.8. The van der Waals surface area contributed by atoms with Crippen LogP contribution in [0.5, 0.6) is 11.5 Å². The van der Waals surface area contributed by atoms with Crippen molar-refractivity contribution in [1.29, 1.82) is 0 Å². The van der Waals surface area contributed by atoms with Crippen molar-refractivity contribution in [2.75, 3.05) is 18.6 Å². The smallest absolute Gasteiger partial charge is 0.307 e. The molecule has 0 N–H and O–H groups in total. The molecule has 1 fully saturated rings. The highest BCUT2D eigenvalue weighted by atomic mass is 32.2. The van der Waals surface area contributed by atoms with Crippen molar-refractivity contribution in [1.82, 2.24) is 0 Å². The normalized spacial score (nSPS) is 16.6. The number of benzene rings is 3. The van der Waals surface area contributed by atoms with E-state index in [1.165, 1.54) is 29.4 Å². The number of methoxy groups -OCH3 is 1. The minimum atomic E-state index is -2.91. The summed E-state index contributed by atoms with van der Waals surface area (Å²) in [5, 5.41) is 0. The lowest BCUT2D eigenvalue weighted by Gasteiger charge is -2.24. The molecule has 41 heavy (non-hydrogen) atoms. The van der Waals surface area contributed by atoms with E-state index in [2.05, 4.69) is 42.2 Å². The Morgan fingerprint density at radius 3 is 2.39 bits per heavy atom. The van der Waals surface area contributed by atoms with Crippen molar-refractivity contribution in [3.63, 3.8) is 0 Å². The lowest BCUT2D eigenvalue weighted by atomic mass is 9.94. The van der Waals surface area contributed by atoms with Crippen LogP contribution in [0.2, 0.25) is 0 Å². The van der Waals surface area contributed by atoms with Gasteiger partial charge >= 0.3 is 5.97 Å². The van der Waals surface area contributed by atoms with E-state index in [1.54, 1.807) is 6.92 Å². The highest BCUT2D eigenvalue weighted by molar-refractivity contribution is 7.91. The lowest BCUT2D eigenvalue weighted by molar-refractivity contribution is -0.140. The van der Waals surface area contributed by atoms with Gasteiger partial charge in [-0.25, -0.2) is 8.42 Å². The monoisotopic (exact) mass is 572 g/mol. The van der Waals surface area contributed by atoms with Gasteiger partial charge in [0.1, 0.15) is 24.2 Å². The molecule has 2 aliphatic rings. The second-order valence-corrected chi connectivity index (χ2v) is 13.0. The molecule has 0 aromatic heterocycles. The SMILES string of the molecule is CC#C[C@@H](CC(=O)OC)c1ccc(OCc2ccc3c(c2)-c2ccc(OC4CCS(=O)(=O)CC4)cc2CCC3)cc1. The molecule has 214 valence electrons. The third-order valence-electron chi connectivity index (χ3n) is 7.84. The maximum Gasteiger partial charge on any atom is 0.307 e. The summed E-state index contributed by atoms with van der Waals surface area (Å²) < 4.78 is 40.7. The molecule has 5 rings (SSSR count). The van der Waals surface area contributed by atoms with Crippen LogP contribution in [0.4, 0.5) is 0 Å². The van der Waals surface area contributed by atoms with Gasteiger partial charge in [-0.15, -0.1) is 5.92 Å². The number of fused-ring (bicyclic) bond motifs is 3. The first-order valence-electron chi connectivity index (χ1n) is 14.2. The van der Waals surface area contributed by atoms with Crippen LogP contribution in [0.3, 0.4) is 0 Å². The van der Waals surface area contributed by atoms with Gasteiger partial charge in [-0.2, -0.15) is 0 Å². The minimum absolute atomic E-state index is 0.0502. The molecule has 3 aromatic carbocycles. The van der Waals surface area contributed by atoms with Crippen molar-refractivity contribution in [2.45, 2.75) is 64.1 Å². The first-order chi connectivity index (χ1) is 19.8. The Labute approximate surface area is 242 Å². The number of esters is 1. The van der Waals surface area contributed by atoms with Crippen molar-refractivity contribution >= 4 is 15.8 Å². The Balaban J connectivity index is 1.27. The number of aryl methyl sites for hydroxylation is 2. The predicted molar refractivity (Wildman–Crippen MR) is 160 cm³/mol. The van der Waals surface area contributed by atoms with Gasteiger partial charge in [0.2, 0.25) is 0 Å². The van der Waals surface area contributed by atoms with Crippen LogP contribution in [-0.2, 0) is 38.8 Å². The fraction of sp³-hybridized carbons (Fsp3) is 0.382. The Morgan fingerprint density at radius 1 is 0.927 bits per heavy atom. The maximum atomic E-state index is 11.8. The van der Waals surface area contributed by atoms with Gasteiger partial charge in [-0.3, -0.25) is 4.79 Å². The van der Waals surface area contributed by atoms with E-state index >= 15 is 0 Å². The van der Waals surface area contributed by atoms with Crippen LogP contribution in [0, 0.1) is 11.8 Å². The van der Waals surface area contributed by atoms with Crippen LogP contribution < -0.4 is 9.47 Å². The van der Waals surface area contributed by atoms with Crippen molar-refractivity contribution < 1.29 is 27.4 Å². The van der Waals surface area contributed by atoms with Gasteiger partial charge in [0.15, 0.2) is 9.84 Å². The fourth-order valence-electron chi connectivity index (χ4n) is 5.58. The topological polar surface area (TPSA) is 78.9 Å². The Bertz CT molecular complexity index is 1550. The van der Waals surface area contributed by atoms with E-state index < -0.39 is 9.84 Å². The number of carbonyl (C=O) groups is 1. The quantitative estimate of drug-likeness (QED) is 0.242. The number of rotatable bonds is 8. The molecule has 0 bridgehead atoms. The molecule has 3 aromatic rings. The largest absolute Gasteiger partial charge is 0.490 e. The molecule has 1 atom stereocenters. The van der Waals surface area contributed by atoms with E-state index in [0.717, 1.165) is 41.9 Å². The molecule has 6 nitrogen and oxygen atoms in total. The summed E-state index contributed by atoms with van der Waals surface area (Å²) >= 11 is 0. The molecule has 0 radical (unpaired) electrons. The molecule has 1 heterocycles. The maximum absolute atomic E-state index is 11.8. The van der Waals surface area contributed by atoms with E-state index in [1.807, 2.05) is 30.3 Å². The molecule has 1 saturated heterocycles. The highest BCUT2D eigenvalue weighted by Crippen LogP contribution is 2.36. The zero-order valence-electron chi connectivity index (χ0n) is 23.6. The first kappa shape index (κ1) is 28.8. The van der Waals surface area contributed by atoms with Crippen molar-refractivity contribution in [3.05, 3.63) is 82.9 Å². The van der Waals surface area contributed by atoms with Gasteiger partial charge in [-0.1, -0.05) is 36.3 Å². The summed E-state index contributed by atoms with van der Waals surface area (Å²) in [6, 6.07) is 20.6. The first-order valence-corrected chi connectivity index (χ1v) is 16.0. The van der Waals surface area contributed by atoms with E-state index in [9.17, 15) is 13.2 Å². The van der Waals surface area contributed by atoms with Crippen LogP contribution in [-0.4, -0.2) is 39.1 Å². The number of hydrogen-bond donors (Lipinski definition) is 0. The number of ether oxygens (including phenoxy) is 3. The lowest BCUT2D eigenvalue weighted by Crippen LogP contribution is -2.30. The minimum Gasteiger partial charge on any atom is -0.490 e. The average molecular weight is 573 g/mol. The summed E-state index contributed by atoms with van der Waals surface area (Å²) in [5.41, 5.74) is 7.08. The molecule has 0 amide bonds. The zero-order valence-corrected chi connectivity index (χ0v) is 24.5. The van der Waals surface area contributed by atoms with Crippen LogP contribution >= 0.6 is 0 Å². The van der Waals surface area contributed by atoms with Gasteiger partial charge in [0.05, 0.1) is 31.0 Å². The molecule has 1 aliphatic heterocycles. The van der Waals surface area contributed by atoms with E-state index in [4.69, 9.17) is 14.2 Å². The third kappa shape index (κ3) is 7.31. The standard InChI is InChI=1S/C34H36O6S/c1-3-5-27(22-34(35)38-2)25-10-12-29(13-11-25)39-23-24-8-9-26-6-4-7-28-21-31(14-15-32(28)33(26)20-24)40-30-16-18-41(36,37)19-17-30/h8-15,20-21,27,30H,4,6-7,16-19,22-23H2,1-2H3/t27-/m0/s1. The number of hydrogen-bond acceptors (Lipinski definition) is 6. The highest BCUT2D eigenvalue weighted by Gasteiger charge is 2.25. The summed E-state index contributed by atoms with van der Waals surface area (Å²) in [7, 11) is -1.52.